The molecule has 0 aliphatic heterocycles. The minimum Gasteiger partial charge on any atom is -0.310 e. The van der Waals surface area contributed by atoms with Crippen LogP contribution in [0.3, 0.4) is 0 Å². The van der Waals surface area contributed by atoms with Gasteiger partial charge in [-0.1, -0.05) is 163 Å². The van der Waals surface area contributed by atoms with Crippen molar-refractivity contribution in [3.63, 3.8) is 0 Å². The quantitative estimate of drug-likeness (QED) is 0.164. The van der Waals surface area contributed by atoms with Crippen molar-refractivity contribution in [3.8, 4) is 33.4 Å². The van der Waals surface area contributed by atoms with Crippen LogP contribution in [0.25, 0.3) is 65.7 Å². The Morgan fingerprint density at radius 2 is 0.780 bits per heavy atom. The SMILES string of the molecule is Cc1ccc2c3ccc(N(c4cc(-c5ccccc5)cc(-c5ccccc5)c4)c4ccccc4-c4ccccc4)cc3c3ccccc3c2c1. The second-order valence-corrected chi connectivity index (χ2v) is 13.0. The molecule has 9 aromatic carbocycles. The van der Waals surface area contributed by atoms with Crippen molar-refractivity contribution in [2.75, 3.05) is 4.90 Å². The molecule has 0 spiro atoms. The van der Waals surface area contributed by atoms with Crippen molar-refractivity contribution in [3.05, 3.63) is 200 Å². The Morgan fingerprint density at radius 3 is 1.40 bits per heavy atom. The van der Waals surface area contributed by atoms with Crippen molar-refractivity contribution in [2.45, 2.75) is 6.92 Å². The zero-order valence-corrected chi connectivity index (χ0v) is 27.9. The average molecular weight is 638 g/mol. The first-order valence-electron chi connectivity index (χ1n) is 17.3. The minimum absolute atomic E-state index is 1.11. The summed E-state index contributed by atoms with van der Waals surface area (Å²) in [6.07, 6.45) is 0. The highest BCUT2D eigenvalue weighted by atomic mass is 15.1. The van der Waals surface area contributed by atoms with Gasteiger partial charge in [-0.3, -0.25) is 0 Å². The number of benzene rings is 9. The molecule has 9 rings (SSSR count). The van der Waals surface area contributed by atoms with Crippen LogP contribution in [0.15, 0.2) is 194 Å². The van der Waals surface area contributed by atoms with Gasteiger partial charge in [-0.25, -0.2) is 0 Å². The number of fused-ring (bicyclic) bond motifs is 6. The third kappa shape index (κ3) is 5.30. The lowest BCUT2D eigenvalue weighted by Gasteiger charge is -2.29. The van der Waals surface area contributed by atoms with Crippen molar-refractivity contribution in [2.24, 2.45) is 0 Å². The third-order valence-electron chi connectivity index (χ3n) is 9.85. The highest BCUT2D eigenvalue weighted by molar-refractivity contribution is 6.26. The number of para-hydroxylation sites is 1. The largest absolute Gasteiger partial charge is 0.310 e. The van der Waals surface area contributed by atoms with E-state index in [2.05, 4.69) is 206 Å². The van der Waals surface area contributed by atoms with E-state index in [1.807, 2.05) is 0 Å². The van der Waals surface area contributed by atoms with Gasteiger partial charge in [0, 0.05) is 16.9 Å². The van der Waals surface area contributed by atoms with Crippen molar-refractivity contribution < 1.29 is 0 Å². The summed E-state index contributed by atoms with van der Waals surface area (Å²) in [7, 11) is 0. The summed E-state index contributed by atoms with van der Waals surface area (Å²) in [5.41, 5.74) is 11.7. The summed E-state index contributed by atoms with van der Waals surface area (Å²) in [5.74, 6) is 0. The van der Waals surface area contributed by atoms with E-state index < -0.39 is 0 Å². The highest BCUT2D eigenvalue weighted by Crippen LogP contribution is 2.45. The van der Waals surface area contributed by atoms with Crippen molar-refractivity contribution in [1.29, 1.82) is 0 Å². The summed E-state index contributed by atoms with van der Waals surface area (Å²) in [6.45, 7) is 2.18. The summed E-state index contributed by atoms with van der Waals surface area (Å²) in [4.78, 5) is 2.45. The Balaban J connectivity index is 1.36. The summed E-state index contributed by atoms with van der Waals surface area (Å²) >= 11 is 0. The normalized spacial score (nSPS) is 11.3. The average Bonchev–Trinajstić information content (AvgIpc) is 3.19. The first kappa shape index (κ1) is 29.7. The van der Waals surface area contributed by atoms with Gasteiger partial charge in [0.25, 0.3) is 0 Å². The molecule has 0 saturated heterocycles. The Bertz CT molecular complexity index is 2560. The van der Waals surface area contributed by atoms with Crippen LogP contribution in [0.1, 0.15) is 5.56 Å². The topological polar surface area (TPSA) is 3.24 Å². The first-order valence-corrected chi connectivity index (χ1v) is 17.3. The fourth-order valence-corrected chi connectivity index (χ4v) is 7.49. The van der Waals surface area contributed by atoms with E-state index in [1.165, 1.54) is 71.3 Å². The number of anilines is 3. The predicted octanol–water partition coefficient (Wildman–Crippen LogP) is 13.9. The Hall–Kier alpha value is -6.44. The summed E-state index contributed by atoms with van der Waals surface area (Å²) in [6, 6.07) is 70.7. The second-order valence-electron chi connectivity index (χ2n) is 13.0. The van der Waals surface area contributed by atoms with Crippen LogP contribution in [-0.4, -0.2) is 0 Å². The Kier molecular flexibility index (Phi) is 7.44. The van der Waals surface area contributed by atoms with E-state index in [1.54, 1.807) is 0 Å². The summed E-state index contributed by atoms with van der Waals surface area (Å²) < 4.78 is 0. The van der Waals surface area contributed by atoms with Gasteiger partial charge in [0.1, 0.15) is 0 Å². The number of hydrogen-bond donors (Lipinski definition) is 0. The van der Waals surface area contributed by atoms with Crippen LogP contribution in [0.4, 0.5) is 17.1 Å². The van der Waals surface area contributed by atoms with Gasteiger partial charge in [-0.2, -0.15) is 0 Å². The number of rotatable bonds is 6. The molecule has 9 aromatic rings. The van der Waals surface area contributed by atoms with Gasteiger partial charge >= 0.3 is 0 Å². The van der Waals surface area contributed by atoms with E-state index >= 15 is 0 Å². The maximum atomic E-state index is 2.45. The van der Waals surface area contributed by atoms with E-state index in [9.17, 15) is 0 Å². The van der Waals surface area contributed by atoms with Gasteiger partial charge in [-0.05, 0) is 103 Å². The van der Waals surface area contributed by atoms with Crippen LogP contribution >= 0.6 is 0 Å². The van der Waals surface area contributed by atoms with E-state index in [-0.39, 0.29) is 0 Å². The fraction of sp³-hybridized carbons (Fsp3) is 0.0204. The maximum Gasteiger partial charge on any atom is 0.0540 e. The highest BCUT2D eigenvalue weighted by Gasteiger charge is 2.20. The van der Waals surface area contributed by atoms with Crippen LogP contribution in [-0.2, 0) is 0 Å². The van der Waals surface area contributed by atoms with Gasteiger partial charge < -0.3 is 4.90 Å². The van der Waals surface area contributed by atoms with Gasteiger partial charge in [-0.15, -0.1) is 0 Å². The van der Waals surface area contributed by atoms with E-state index in [4.69, 9.17) is 0 Å². The molecule has 0 saturated carbocycles. The molecular weight excluding hydrogens is 603 g/mol. The molecule has 0 aromatic heterocycles. The zero-order chi connectivity index (χ0) is 33.4. The minimum atomic E-state index is 1.11. The van der Waals surface area contributed by atoms with Crippen LogP contribution in [0.2, 0.25) is 0 Å². The molecule has 0 bridgehead atoms. The van der Waals surface area contributed by atoms with E-state index in [0.717, 1.165) is 17.1 Å². The van der Waals surface area contributed by atoms with Gasteiger partial charge in [0.05, 0.1) is 5.69 Å². The molecule has 1 nitrogen and oxygen atoms in total. The number of aryl methyl sites for hydroxylation is 1. The van der Waals surface area contributed by atoms with Gasteiger partial charge in [0.15, 0.2) is 0 Å². The standard InChI is InChI=1S/C49H35N/c1-34-25-27-45-46-28-26-40(33-48(46)44-23-12-11-22-43(44)47(45)29-34)50(49-24-14-13-21-42(49)37-19-9-4-10-20-37)41-31-38(35-15-5-2-6-16-35)30-39(32-41)36-17-7-3-8-18-36/h2-33H,1H3. The van der Waals surface area contributed by atoms with E-state index in [0.29, 0.717) is 0 Å². The molecule has 0 aliphatic carbocycles. The Labute approximate surface area is 293 Å². The Morgan fingerprint density at radius 1 is 0.300 bits per heavy atom. The molecule has 0 amide bonds. The maximum absolute atomic E-state index is 2.45. The molecule has 0 aliphatic rings. The fourth-order valence-electron chi connectivity index (χ4n) is 7.49. The predicted molar refractivity (Wildman–Crippen MR) is 215 cm³/mol. The molecule has 0 unspecified atom stereocenters. The lowest BCUT2D eigenvalue weighted by molar-refractivity contribution is 1.29. The van der Waals surface area contributed by atoms with Crippen LogP contribution in [0, 0.1) is 6.92 Å². The van der Waals surface area contributed by atoms with Crippen LogP contribution in [0.5, 0.6) is 0 Å². The lowest BCUT2D eigenvalue weighted by Crippen LogP contribution is -2.11. The molecule has 50 heavy (non-hydrogen) atoms. The second kappa shape index (κ2) is 12.5. The molecule has 0 N–H and O–H groups in total. The molecule has 0 heterocycles. The van der Waals surface area contributed by atoms with Crippen molar-refractivity contribution in [1.82, 2.24) is 0 Å². The molecule has 1 heteroatoms. The smallest absolute Gasteiger partial charge is 0.0540 e. The molecular formula is C49H35N. The van der Waals surface area contributed by atoms with Gasteiger partial charge in [0.2, 0.25) is 0 Å². The summed E-state index contributed by atoms with van der Waals surface area (Å²) in [5, 5.41) is 7.65. The van der Waals surface area contributed by atoms with Crippen LogP contribution < -0.4 is 4.90 Å². The van der Waals surface area contributed by atoms with Crippen molar-refractivity contribution >= 4 is 49.4 Å². The zero-order valence-electron chi connectivity index (χ0n) is 27.9. The first-order chi connectivity index (χ1) is 24.7. The third-order valence-corrected chi connectivity index (χ3v) is 9.85. The molecule has 0 atom stereocenters. The monoisotopic (exact) mass is 637 g/mol. The number of nitrogens with zero attached hydrogens (tertiary/aromatic N) is 1. The molecule has 0 radical (unpaired) electrons. The lowest BCUT2D eigenvalue weighted by atomic mass is 9.92. The molecule has 236 valence electrons. The molecule has 0 fully saturated rings. The number of hydrogen-bond acceptors (Lipinski definition) is 1.